The molecule has 34 heavy (non-hydrogen) atoms. The molecule has 2 saturated carbocycles. The van der Waals surface area contributed by atoms with Crippen molar-refractivity contribution in [2.75, 3.05) is 19.0 Å². The highest BCUT2D eigenvalue weighted by atomic mass is 32.2. The molecule has 0 aromatic rings. The average molecular weight is 495 g/mol. The molecule has 0 amide bonds. The third kappa shape index (κ3) is 6.19. The highest BCUT2D eigenvalue weighted by Crippen LogP contribution is 2.57. The van der Waals surface area contributed by atoms with E-state index in [2.05, 4.69) is 45.9 Å². The normalized spacial score (nSPS) is 34.2. The Bertz CT molecular complexity index is 757. The maximum absolute atomic E-state index is 10.7. The molecule has 0 aromatic carbocycles. The molecule has 6 heteroatoms. The number of aliphatic hydroxyl groups is 4. The van der Waals surface area contributed by atoms with Crippen LogP contribution < -0.4 is 0 Å². The molecule has 0 aromatic heterocycles. The van der Waals surface area contributed by atoms with Gasteiger partial charge >= 0.3 is 0 Å². The maximum Gasteiger partial charge on any atom is 0.110 e. The second-order valence-corrected chi connectivity index (χ2v) is 12.1. The number of hydrogen-bond acceptors (Lipinski definition) is 6. The number of hydrogen-bond donors (Lipinski definition) is 4. The van der Waals surface area contributed by atoms with E-state index in [1.807, 2.05) is 11.8 Å². The Kier molecular flexibility index (Phi) is 9.92. The van der Waals surface area contributed by atoms with Gasteiger partial charge in [-0.1, -0.05) is 55.7 Å². The van der Waals surface area contributed by atoms with E-state index in [1.165, 1.54) is 18.4 Å². The minimum atomic E-state index is -0.751. The smallest absolute Gasteiger partial charge is 0.110 e. The van der Waals surface area contributed by atoms with Crippen LogP contribution in [0.15, 0.2) is 34.9 Å². The van der Waals surface area contributed by atoms with E-state index in [0.29, 0.717) is 24.0 Å². The van der Waals surface area contributed by atoms with Crippen molar-refractivity contribution in [1.82, 2.24) is 0 Å². The molecule has 0 aliphatic heterocycles. The van der Waals surface area contributed by atoms with E-state index in [1.54, 1.807) is 5.57 Å². The van der Waals surface area contributed by atoms with Gasteiger partial charge in [0.05, 0.1) is 31.0 Å². The van der Waals surface area contributed by atoms with Crippen molar-refractivity contribution >= 4 is 11.8 Å². The van der Waals surface area contributed by atoms with Crippen LogP contribution in [0.5, 0.6) is 0 Å². The van der Waals surface area contributed by atoms with Gasteiger partial charge in [0.15, 0.2) is 0 Å². The van der Waals surface area contributed by atoms with E-state index >= 15 is 0 Å². The van der Waals surface area contributed by atoms with Crippen molar-refractivity contribution in [3.63, 3.8) is 0 Å². The number of allylic oxidation sites excluding steroid dienone is 4. The molecule has 4 N–H and O–H groups in total. The SMILES string of the molecule is CCC(O)(CC)CS[C@@H](C)C1=CC[C@H]2/C(=C\C=C3C[C@@H](O)C(OCCO)[C@H](O)C3)CCC[C@]12C. The molecule has 3 rings (SSSR count). The molecular formula is C28H46O5S. The summed E-state index contributed by atoms with van der Waals surface area (Å²) in [5.41, 5.74) is 3.67. The van der Waals surface area contributed by atoms with Gasteiger partial charge in [0.25, 0.3) is 0 Å². The third-order valence-electron chi connectivity index (χ3n) is 8.60. The van der Waals surface area contributed by atoms with Crippen LogP contribution >= 0.6 is 11.8 Å². The fraction of sp³-hybridized carbons (Fsp3) is 0.786. The molecule has 5 nitrogen and oxygen atoms in total. The van der Waals surface area contributed by atoms with Crippen LogP contribution in [0.25, 0.3) is 0 Å². The second-order valence-electron chi connectivity index (χ2n) is 10.8. The number of thioether (sulfide) groups is 1. The lowest BCUT2D eigenvalue weighted by Gasteiger charge is -2.42. The fourth-order valence-electron chi connectivity index (χ4n) is 6.19. The van der Waals surface area contributed by atoms with E-state index in [9.17, 15) is 15.3 Å². The predicted molar refractivity (Wildman–Crippen MR) is 140 cm³/mol. The van der Waals surface area contributed by atoms with Crippen molar-refractivity contribution < 1.29 is 25.2 Å². The molecule has 2 fully saturated rings. The van der Waals surface area contributed by atoms with Crippen molar-refractivity contribution in [2.24, 2.45) is 11.3 Å². The quantitative estimate of drug-likeness (QED) is 0.333. The number of aliphatic hydroxyl groups excluding tert-OH is 3. The first kappa shape index (κ1) is 27.9. The first-order chi connectivity index (χ1) is 16.2. The number of ether oxygens (including phenoxy) is 1. The van der Waals surface area contributed by atoms with Gasteiger partial charge in [0, 0.05) is 11.0 Å². The minimum Gasteiger partial charge on any atom is -0.394 e. The standard InChI is InChI=1S/C28H46O5S/c1-5-28(32,6-2)18-34-19(3)22-11-12-23-21(8-7-13-27(22,23)4)10-9-20-16-24(30)26(25(31)17-20)33-15-14-29/h9-11,19,23-26,29-32H,5-8,12-18H2,1-4H3/b20-9?,21-10-/t19-,23-,24+,25+,26?,27+/m0/s1. The van der Waals surface area contributed by atoms with Gasteiger partial charge in [0.2, 0.25) is 0 Å². The second kappa shape index (κ2) is 12.1. The molecule has 0 heterocycles. The summed E-state index contributed by atoms with van der Waals surface area (Å²) in [7, 11) is 0. The van der Waals surface area contributed by atoms with E-state index in [0.717, 1.165) is 37.0 Å². The summed E-state index contributed by atoms with van der Waals surface area (Å²) in [6.07, 6.45) is 11.8. The summed E-state index contributed by atoms with van der Waals surface area (Å²) in [4.78, 5) is 0. The van der Waals surface area contributed by atoms with Crippen molar-refractivity contribution in [3.8, 4) is 0 Å². The summed E-state index contributed by atoms with van der Waals surface area (Å²) in [6.45, 7) is 8.88. The molecule has 3 aliphatic carbocycles. The van der Waals surface area contributed by atoms with E-state index in [4.69, 9.17) is 9.84 Å². The lowest BCUT2D eigenvalue weighted by Crippen LogP contribution is -2.44. The van der Waals surface area contributed by atoms with Crippen LogP contribution in [0.2, 0.25) is 0 Å². The van der Waals surface area contributed by atoms with Gasteiger partial charge in [-0.3, -0.25) is 0 Å². The largest absolute Gasteiger partial charge is 0.394 e. The predicted octanol–water partition coefficient (Wildman–Crippen LogP) is 4.54. The number of rotatable bonds is 10. The topological polar surface area (TPSA) is 90.2 Å². The Morgan fingerprint density at radius 1 is 1.21 bits per heavy atom. The monoisotopic (exact) mass is 494 g/mol. The Balaban J connectivity index is 1.67. The summed E-state index contributed by atoms with van der Waals surface area (Å²) in [5.74, 6) is 1.29. The molecule has 0 saturated heterocycles. The zero-order valence-electron chi connectivity index (χ0n) is 21.5. The molecule has 3 aliphatic rings. The number of fused-ring (bicyclic) bond motifs is 1. The zero-order valence-corrected chi connectivity index (χ0v) is 22.3. The summed E-state index contributed by atoms with van der Waals surface area (Å²) >= 11 is 1.89. The molecule has 0 bridgehead atoms. The Hall–Kier alpha value is -0.630. The maximum atomic E-state index is 10.7. The molecule has 0 radical (unpaired) electrons. The van der Waals surface area contributed by atoms with Crippen LogP contribution in [0.3, 0.4) is 0 Å². The third-order valence-corrected chi connectivity index (χ3v) is 10.1. The average Bonchev–Trinajstić information content (AvgIpc) is 3.18. The van der Waals surface area contributed by atoms with Gasteiger partial charge in [-0.25, -0.2) is 0 Å². The molecule has 0 spiro atoms. The molecule has 194 valence electrons. The summed E-state index contributed by atoms with van der Waals surface area (Å²) in [6, 6.07) is 0. The van der Waals surface area contributed by atoms with Crippen molar-refractivity contribution in [1.29, 1.82) is 0 Å². The first-order valence-corrected chi connectivity index (χ1v) is 14.2. The zero-order chi connectivity index (χ0) is 24.9. The molecular weight excluding hydrogens is 448 g/mol. The fourth-order valence-corrected chi connectivity index (χ4v) is 7.70. The van der Waals surface area contributed by atoms with Crippen LogP contribution in [0.1, 0.15) is 79.1 Å². The summed E-state index contributed by atoms with van der Waals surface area (Å²) < 4.78 is 5.44. The van der Waals surface area contributed by atoms with E-state index in [-0.39, 0.29) is 18.6 Å². The first-order valence-electron chi connectivity index (χ1n) is 13.2. The van der Waals surface area contributed by atoms with Crippen LogP contribution in [-0.2, 0) is 4.74 Å². The molecule has 5 atom stereocenters. The van der Waals surface area contributed by atoms with Crippen molar-refractivity contribution in [3.05, 3.63) is 34.9 Å². The van der Waals surface area contributed by atoms with Gasteiger partial charge in [-0.2, -0.15) is 11.8 Å². The van der Waals surface area contributed by atoms with E-state index < -0.39 is 23.9 Å². The van der Waals surface area contributed by atoms with Crippen LogP contribution in [-0.4, -0.2) is 68.6 Å². The van der Waals surface area contributed by atoms with Gasteiger partial charge in [0.1, 0.15) is 6.10 Å². The molecule has 0 unspecified atom stereocenters. The Morgan fingerprint density at radius 2 is 1.88 bits per heavy atom. The Labute approximate surface area is 210 Å². The summed E-state index contributed by atoms with van der Waals surface area (Å²) in [5, 5.41) is 41.0. The minimum absolute atomic E-state index is 0.115. The van der Waals surface area contributed by atoms with Crippen LogP contribution in [0, 0.1) is 11.3 Å². The Morgan fingerprint density at radius 3 is 2.50 bits per heavy atom. The van der Waals surface area contributed by atoms with Gasteiger partial charge in [-0.05, 0) is 69.6 Å². The highest BCUT2D eigenvalue weighted by Gasteiger charge is 2.46. The van der Waals surface area contributed by atoms with Crippen LogP contribution in [0.4, 0.5) is 0 Å². The highest BCUT2D eigenvalue weighted by molar-refractivity contribution is 8.00. The van der Waals surface area contributed by atoms with Gasteiger partial charge in [-0.15, -0.1) is 0 Å². The van der Waals surface area contributed by atoms with Gasteiger partial charge < -0.3 is 25.2 Å². The lowest BCUT2D eigenvalue weighted by atomic mass is 9.64. The van der Waals surface area contributed by atoms with Crippen molar-refractivity contribution in [2.45, 2.75) is 108 Å². The lowest BCUT2D eigenvalue weighted by molar-refractivity contribution is -0.115.